The Hall–Kier alpha value is -0.770. The van der Waals surface area contributed by atoms with Gasteiger partial charge in [-0.1, -0.05) is 0 Å². The largest absolute Gasteiger partial charge is 0.351 e. The van der Waals surface area contributed by atoms with E-state index in [9.17, 15) is 4.79 Å². The summed E-state index contributed by atoms with van der Waals surface area (Å²) < 4.78 is 0. The van der Waals surface area contributed by atoms with Crippen LogP contribution in [0.5, 0.6) is 0 Å². The topological polar surface area (TPSA) is 72.3 Å². The summed E-state index contributed by atoms with van der Waals surface area (Å²) in [7, 11) is 0. The zero-order valence-corrected chi connectivity index (χ0v) is 8.20. The second kappa shape index (κ2) is 4.46. The minimum absolute atomic E-state index is 0.218. The van der Waals surface area contributed by atoms with Crippen molar-refractivity contribution in [2.75, 3.05) is 6.54 Å². The fraction of sp³-hybridized carbons (Fsp3) is 0.889. The first-order valence-corrected chi connectivity index (χ1v) is 4.93. The number of primary amides is 1. The Morgan fingerprint density at radius 2 is 2.38 bits per heavy atom. The Kier molecular flexibility index (Phi) is 3.54. The lowest BCUT2D eigenvalue weighted by Crippen LogP contribution is -2.39. The van der Waals surface area contributed by atoms with Gasteiger partial charge in [0.1, 0.15) is 0 Å². The summed E-state index contributed by atoms with van der Waals surface area (Å²) in [5, 5.41) is 0. The Morgan fingerprint density at radius 3 is 2.92 bits per heavy atom. The van der Waals surface area contributed by atoms with Gasteiger partial charge in [0.05, 0.1) is 0 Å². The van der Waals surface area contributed by atoms with E-state index in [1.54, 1.807) is 4.90 Å². The maximum atomic E-state index is 11.0. The standard InChI is InChI=1S/C9H19N3O/c1-7(10)4-5-8-3-2-6-12(8)9(11)13/h7-8H,2-6,10H2,1H3,(H2,11,13). The van der Waals surface area contributed by atoms with Crippen molar-refractivity contribution in [2.45, 2.75) is 44.7 Å². The molecule has 2 unspecified atom stereocenters. The summed E-state index contributed by atoms with van der Waals surface area (Å²) in [6.07, 6.45) is 4.11. The zero-order chi connectivity index (χ0) is 9.84. The zero-order valence-electron chi connectivity index (χ0n) is 8.20. The highest BCUT2D eigenvalue weighted by Crippen LogP contribution is 2.21. The Labute approximate surface area is 79.3 Å². The summed E-state index contributed by atoms with van der Waals surface area (Å²) in [6, 6.07) is 0.269. The van der Waals surface area contributed by atoms with Crippen LogP contribution < -0.4 is 11.5 Å². The van der Waals surface area contributed by atoms with Crippen LogP contribution in [0.15, 0.2) is 0 Å². The molecule has 76 valence electrons. The minimum Gasteiger partial charge on any atom is -0.351 e. The normalized spacial score (nSPS) is 24.8. The highest BCUT2D eigenvalue weighted by atomic mass is 16.2. The first kappa shape index (κ1) is 10.3. The molecule has 2 amide bonds. The molecule has 4 heteroatoms. The predicted molar refractivity (Wildman–Crippen MR) is 52.2 cm³/mol. The Morgan fingerprint density at radius 1 is 1.69 bits per heavy atom. The van der Waals surface area contributed by atoms with Crippen LogP contribution in [0, 0.1) is 0 Å². The fourth-order valence-electron chi connectivity index (χ4n) is 1.88. The minimum atomic E-state index is -0.285. The first-order valence-electron chi connectivity index (χ1n) is 4.93. The van der Waals surface area contributed by atoms with Crippen LogP contribution in [0.2, 0.25) is 0 Å². The van der Waals surface area contributed by atoms with Crippen molar-refractivity contribution in [1.82, 2.24) is 4.90 Å². The molecule has 2 atom stereocenters. The van der Waals surface area contributed by atoms with Gasteiger partial charge >= 0.3 is 6.03 Å². The van der Waals surface area contributed by atoms with Crippen molar-refractivity contribution in [3.63, 3.8) is 0 Å². The predicted octanol–water partition coefficient (Wildman–Crippen LogP) is 0.657. The van der Waals surface area contributed by atoms with E-state index in [4.69, 9.17) is 11.5 Å². The molecule has 0 aromatic rings. The molecule has 4 N–H and O–H groups in total. The van der Waals surface area contributed by atoms with Gasteiger partial charge in [0.2, 0.25) is 0 Å². The number of carbonyl (C=O) groups excluding carboxylic acids is 1. The van der Waals surface area contributed by atoms with Gasteiger partial charge in [-0.3, -0.25) is 0 Å². The second-order valence-electron chi connectivity index (χ2n) is 3.88. The number of rotatable bonds is 3. The van der Waals surface area contributed by atoms with Crippen molar-refractivity contribution in [3.05, 3.63) is 0 Å². The van der Waals surface area contributed by atoms with Crippen molar-refractivity contribution in [2.24, 2.45) is 11.5 Å². The van der Waals surface area contributed by atoms with E-state index in [1.807, 2.05) is 6.92 Å². The third-order valence-corrected chi connectivity index (χ3v) is 2.62. The van der Waals surface area contributed by atoms with Gasteiger partial charge in [0, 0.05) is 18.6 Å². The number of hydrogen-bond acceptors (Lipinski definition) is 2. The van der Waals surface area contributed by atoms with Crippen molar-refractivity contribution in [3.8, 4) is 0 Å². The van der Waals surface area contributed by atoms with E-state index in [0.717, 1.165) is 32.2 Å². The lowest BCUT2D eigenvalue weighted by atomic mass is 10.1. The second-order valence-corrected chi connectivity index (χ2v) is 3.88. The van der Waals surface area contributed by atoms with E-state index in [2.05, 4.69) is 0 Å². The number of carbonyl (C=O) groups is 1. The van der Waals surface area contributed by atoms with Crippen LogP contribution in [0.3, 0.4) is 0 Å². The number of nitrogens with two attached hydrogens (primary N) is 2. The molecule has 0 aromatic carbocycles. The molecule has 0 radical (unpaired) electrons. The average Bonchev–Trinajstić information content (AvgIpc) is 2.47. The summed E-state index contributed by atoms with van der Waals surface area (Å²) in [6.45, 7) is 2.81. The molecule has 13 heavy (non-hydrogen) atoms. The van der Waals surface area contributed by atoms with Gasteiger partial charge in [0.15, 0.2) is 0 Å². The van der Waals surface area contributed by atoms with Gasteiger partial charge in [-0.05, 0) is 32.6 Å². The molecule has 4 nitrogen and oxygen atoms in total. The molecule has 1 aliphatic heterocycles. The van der Waals surface area contributed by atoms with Crippen LogP contribution in [-0.2, 0) is 0 Å². The molecule has 1 rings (SSSR count). The molecule has 0 aromatic heterocycles. The van der Waals surface area contributed by atoms with Crippen molar-refractivity contribution < 1.29 is 4.79 Å². The number of likely N-dealkylation sites (tertiary alicyclic amines) is 1. The Bertz CT molecular complexity index is 182. The molecule has 1 heterocycles. The van der Waals surface area contributed by atoms with E-state index < -0.39 is 0 Å². The summed E-state index contributed by atoms with van der Waals surface area (Å²) in [4.78, 5) is 12.7. The smallest absolute Gasteiger partial charge is 0.315 e. The molecule has 1 fully saturated rings. The van der Waals surface area contributed by atoms with Crippen LogP contribution in [0.25, 0.3) is 0 Å². The maximum absolute atomic E-state index is 11.0. The Balaban J connectivity index is 2.35. The highest BCUT2D eigenvalue weighted by Gasteiger charge is 2.26. The average molecular weight is 185 g/mol. The molecule has 0 aliphatic carbocycles. The molecular formula is C9H19N3O. The SMILES string of the molecule is CC(N)CCC1CCCN1C(N)=O. The molecule has 1 aliphatic rings. The number of nitrogens with zero attached hydrogens (tertiary/aromatic N) is 1. The number of urea groups is 1. The lowest BCUT2D eigenvalue weighted by molar-refractivity contribution is 0.198. The van der Waals surface area contributed by atoms with E-state index >= 15 is 0 Å². The summed E-state index contributed by atoms with van der Waals surface area (Å²) >= 11 is 0. The third-order valence-electron chi connectivity index (χ3n) is 2.62. The molecule has 1 saturated heterocycles. The molecular weight excluding hydrogens is 166 g/mol. The number of amides is 2. The van der Waals surface area contributed by atoms with Crippen molar-refractivity contribution >= 4 is 6.03 Å². The molecule has 0 bridgehead atoms. The van der Waals surface area contributed by atoms with Gasteiger partial charge in [0.25, 0.3) is 0 Å². The number of hydrogen-bond donors (Lipinski definition) is 2. The third kappa shape index (κ3) is 2.88. The monoisotopic (exact) mass is 185 g/mol. The lowest BCUT2D eigenvalue weighted by Gasteiger charge is -2.23. The highest BCUT2D eigenvalue weighted by molar-refractivity contribution is 5.72. The van der Waals surface area contributed by atoms with E-state index in [0.29, 0.717) is 6.04 Å². The van der Waals surface area contributed by atoms with Gasteiger partial charge in [-0.25, -0.2) is 4.79 Å². The van der Waals surface area contributed by atoms with E-state index in [-0.39, 0.29) is 12.1 Å². The summed E-state index contributed by atoms with van der Waals surface area (Å²) in [5.74, 6) is 0. The van der Waals surface area contributed by atoms with Crippen LogP contribution in [-0.4, -0.2) is 29.6 Å². The van der Waals surface area contributed by atoms with E-state index in [1.165, 1.54) is 0 Å². The molecule has 0 spiro atoms. The van der Waals surface area contributed by atoms with Gasteiger partial charge in [-0.15, -0.1) is 0 Å². The van der Waals surface area contributed by atoms with Gasteiger partial charge in [-0.2, -0.15) is 0 Å². The first-order chi connectivity index (χ1) is 6.11. The summed E-state index contributed by atoms with van der Waals surface area (Å²) in [5.41, 5.74) is 10.9. The maximum Gasteiger partial charge on any atom is 0.315 e. The molecule has 0 saturated carbocycles. The quantitative estimate of drug-likeness (QED) is 0.677. The van der Waals surface area contributed by atoms with Crippen LogP contribution in [0.1, 0.15) is 32.6 Å². The van der Waals surface area contributed by atoms with Crippen molar-refractivity contribution in [1.29, 1.82) is 0 Å². The van der Waals surface area contributed by atoms with Gasteiger partial charge < -0.3 is 16.4 Å². The van der Waals surface area contributed by atoms with Crippen LogP contribution >= 0.6 is 0 Å². The fourth-order valence-corrected chi connectivity index (χ4v) is 1.88. The van der Waals surface area contributed by atoms with Crippen LogP contribution in [0.4, 0.5) is 4.79 Å².